The second-order valence-corrected chi connectivity index (χ2v) is 5.96. The third-order valence-electron chi connectivity index (χ3n) is 3.61. The van der Waals surface area contributed by atoms with Crippen molar-refractivity contribution in [3.63, 3.8) is 0 Å². The van der Waals surface area contributed by atoms with E-state index in [0.717, 1.165) is 31.9 Å². The summed E-state index contributed by atoms with van der Waals surface area (Å²) in [6.07, 6.45) is 1.72. The molecule has 0 amide bonds. The van der Waals surface area contributed by atoms with Gasteiger partial charge < -0.3 is 10.6 Å². The summed E-state index contributed by atoms with van der Waals surface area (Å²) >= 11 is 0. The van der Waals surface area contributed by atoms with E-state index in [1.807, 2.05) is 12.1 Å². The average Bonchev–Trinajstić information content (AvgIpc) is 2.38. The molecule has 1 aromatic heterocycles. The van der Waals surface area contributed by atoms with E-state index in [2.05, 4.69) is 35.6 Å². The molecular formula is C14H23N5. The normalized spacial score (nSPS) is 17.5. The second-order valence-electron chi connectivity index (χ2n) is 5.96. The Morgan fingerprint density at radius 3 is 2.42 bits per heavy atom. The molecule has 5 heteroatoms. The molecule has 2 rings (SSSR count). The Labute approximate surface area is 114 Å². The van der Waals surface area contributed by atoms with Gasteiger partial charge in [0.2, 0.25) is 0 Å². The molecule has 0 bridgehead atoms. The summed E-state index contributed by atoms with van der Waals surface area (Å²) in [6.45, 7) is 10.9. The molecule has 1 aliphatic heterocycles. The van der Waals surface area contributed by atoms with Gasteiger partial charge in [-0.25, -0.2) is 0 Å². The Bertz CT molecular complexity index is 455. The first-order chi connectivity index (χ1) is 8.88. The van der Waals surface area contributed by atoms with Crippen LogP contribution in [0, 0.1) is 5.41 Å². The number of hydrogen-bond donors (Lipinski definition) is 2. The smallest absolute Gasteiger partial charge is 0.141 e. The van der Waals surface area contributed by atoms with Gasteiger partial charge in [-0.2, -0.15) is 0 Å². The highest BCUT2D eigenvalue weighted by Gasteiger charge is 2.25. The van der Waals surface area contributed by atoms with Gasteiger partial charge in [-0.3, -0.25) is 15.3 Å². The fourth-order valence-corrected chi connectivity index (χ4v) is 2.40. The van der Waals surface area contributed by atoms with E-state index in [0.29, 0.717) is 5.69 Å². The minimum absolute atomic E-state index is 0.0233. The van der Waals surface area contributed by atoms with E-state index in [4.69, 9.17) is 11.1 Å². The molecule has 3 N–H and O–H groups in total. The SMILES string of the molecule is CC(C)(C)N1CCN(c2ccnc(C(=N)N)c2)CC1. The number of nitrogen functional groups attached to an aromatic ring is 1. The van der Waals surface area contributed by atoms with Gasteiger partial charge in [0.05, 0.1) is 0 Å². The standard InChI is InChI=1S/C14H23N5/c1-14(2,3)19-8-6-18(7-9-19)11-4-5-17-12(10-11)13(15)16/h4-5,10H,6-9H2,1-3H3,(H3,15,16). The van der Waals surface area contributed by atoms with E-state index in [1.54, 1.807) is 6.20 Å². The summed E-state index contributed by atoms with van der Waals surface area (Å²) < 4.78 is 0. The Hall–Kier alpha value is -1.62. The fourth-order valence-electron chi connectivity index (χ4n) is 2.40. The molecule has 1 aliphatic rings. The number of rotatable bonds is 2. The Balaban J connectivity index is 2.05. The molecule has 1 aromatic rings. The van der Waals surface area contributed by atoms with Crippen LogP contribution in [0.15, 0.2) is 18.3 Å². The molecule has 5 nitrogen and oxygen atoms in total. The van der Waals surface area contributed by atoms with Crippen LogP contribution in [-0.4, -0.2) is 47.4 Å². The Morgan fingerprint density at radius 2 is 1.89 bits per heavy atom. The molecule has 0 radical (unpaired) electrons. The molecule has 0 unspecified atom stereocenters. The number of anilines is 1. The van der Waals surface area contributed by atoms with Crippen LogP contribution in [0.4, 0.5) is 5.69 Å². The number of piperazine rings is 1. The zero-order chi connectivity index (χ0) is 14.0. The van der Waals surface area contributed by atoms with Crippen molar-refractivity contribution in [2.75, 3.05) is 31.1 Å². The van der Waals surface area contributed by atoms with Crippen molar-refractivity contribution in [3.05, 3.63) is 24.0 Å². The number of hydrogen-bond acceptors (Lipinski definition) is 4. The maximum absolute atomic E-state index is 7.45. The molecule has 0 saturated carbocycles. The highest BCUT2D eigenvalue weighted by atomic mass is 15.3. The van der Waals surface area contributed by atoms with Crippen molar-refractivity contribution in [2.45, 2.75) is 26.3 Å². The predicted octanol–water partition coefficient (Wildman–Crippen LogP) is 1.29. The molecule has 0 aromatic carbocycles. The number of pyridine rings is 1. The lowest BCUT2D eigenvalue weighted by Crippen LogP contribution is -2.53. The van der Waals surface area contributed by atoms with E-state index in [1.165, 1.54) is 0 Å². The average molecular weight is 261 g/mol. The minimum Gasteiger partial charge on any atom is -0.382 e. The minimum atomic E-state index is 0.0233. The van der Waals surface area contributed by atoms with Crippen molar-refractivity contribution >= 4 is 11.5 Å². The van der Waals surface area contributed by atoms with Crippen molar-refractivity contribution in [1.29, 1.82) is 5.41 Å². The van der Waals surface area contributed by atoms with Crippen molar-refractivity contribution < 1.29 is 0 Å². The van der Waals surface area contributed by atoms with E-state index in [-0.39, 0.29) is 11.4 Å². The monoisotopic (exact) mass is 261 g/mol. The van der Waals surface area contributed by atoms with Crippen LogP contribution in [0.3, 0.4) is 0 Å². The van der Waals surface area contributed by atoms with Crippen LogP contribution in [0.5, 0.6) is 0 Å². The van der Waals surface area contributed by atoms with Gasteiger partial charge in [0.15, 0.2) is 0 Å². The molecule has 19 heavy (non-hydrogen) atoms. The first-order valence-corrected chi connectivity index (χ1v) is 6.68. The molecule has 2 heterocycles. The third kappa shape index (κ3) is 3.23. The van der Waals surface area contributed by atoms with E-state index >= 15 is 0 Å². The summed E-state index contributed by atoms with van der Waals surface area (Å²) in [5.74, 6) is 0.0233. The van der Waals surface area contributed by atoms with Crippen molar-refractivity contribution in [2.24, 2.45) is 5.73 Å². The highest BCUT2D eigenvalue weighted by molar-refractivity contribution is 5.93. The van der Waals surface area contributed by atoms with Crippen LogP contribution in [0.1, 0.15) is 26.5 Å². The first-order valence-electron chi connectivity index (χ1n) is 6.68. The summed E-state index contributed by atoms with van der Waals surface area (Å²) in [5.41, 5.74) is 7.37. The molecule has 0 aliphatic carbocycles. The van der Waals surface area contributed by atoms with Gasteiger partial charge in [-0.05, 0) is 32.9 Å². The van der Waals surface area contributed by atoms with Gasteiger partial charge in [0, 0.05) is 43.6 Å². The molecule has 0 spiro atoms. The van der Waals surface area contributed by atoms with Crippen LogP contribution in [0.2, 0.25) is 0 Å². The van der Waals surface area contributed by atoms with Gasteiger partial charge in [-0.1, -0.05) is 0 Å². The van der Waals surface area contributed by atoms with Gasteiger partial charge in [0.1, 0.15) is 11.5 Å². The lowest BCUT2D eigenvalue weighted by Gasteiger charge is -2.43. The van der Waals surface area contributed by atoms with Crippen LogP contribution in [-0.2, 0) is 0 Å². The summed E-state index contributed by atoms with van der Waals surface area (Å²) in [4.78, 5) is 8.93. The molecule has 104 valence electrons. The summed E-state index contributed by atoms with van der Waals surface area (Å²) in [6, 6.07) is 3.88. The fraction of sp³-hybridized carbons (Fsp3) is 0.571. The van der Waals surface area contributed by atoms with Crippen LogP contribution >= 0.6 is 0 Å². The van der Waals surface area contributed by atoms with Crippen molar-refractivity contribution in [1.82, 2.24) is 9.88 Å². The van der Waals surface area contributed by atoms with Gasteiger partial charge in [0.25, 0.3) is 0 Å². The Morgan fingerprint density at radius 1 is 1.26 bits per heavy atom. The number of nitrogens with two attached hydrogens (primary N) is 1. The third-order valence-corrected chi connectivity index (χ3v) is 3.61. The number of nitrogens with zero attached hydrogens (tertiary/aromatic N) is 3. The highest BCUT2D eigenvalue weighted by Crippen LogP contribution is 2.20. The lowest BCUT2D eigenvalue weighted by molar-refractivity contribution is 0.128. The summed E-state index contributed by atoms with van der Waals surface area (Å²) in [5, 5.41) is 7.45. The number of aromatic nitrogens is 1. The number of nitrogens with one attached hydrogen (secondary N) is 1. The molecule has 1 saturated heterocycles. The number of amidine groups is 1. The van der Waals surface area contributed by atoms with E-state index < -0.39 is 0 Å². The van der Waals surface area contributed by atoms with Crippen LogP contribution in [0.25, 0.3) is 0 Å². The van der Waals surface area contributed by atoms with Crippen LogP contribution < -0.4 is 10.6 Å². The predicted molar refractivity (Wildman–Crippen MR) is 78.8 cm³/mol. The Kier molecular flexibility index (Phi) is 3.75. The van der Waals surface area contributed by atoms with Gasteiger partial charge >= 0.3 is 0 Å². The molecular weight excluding hydrogens is 238 g/mol. The molecule has 1 fully saturated rings. The maximum atomic E-state index is 7.45. The van der Waals surface area contributed by atoms with E-state index in [9.17, 15) is 0 Å². The first kappa shape index (κ1) is 13.8. The summed E-state index contributed by atoms with van der Waals surface area (Å²) in [7, 11) is 0. The zero-order valence-corrected chi connectivity index (χ0v) is 12.0. The molecule has 0 atom stereocenters. The largest absolute Gasteiger partial charge is 0.382 e. The van der Waals surface area contributed by atoms with Crippen molar-refractivity contribution in [3.8, 4) is 0 Å². The maximum Gasteiger partial charge on any atom is 0.141 e. The zero-order valence-electron chi connectivity index (χ0n) is 12.0. The van der Waals surface area contributed by atoms with Gasteiger partial charge in [-0.15, -0.1) is 0 Å². The lowest BCUT2D eigenvalue weighted by atomic mass is 10.0. The quantitative estimate of drug-likeness (QED) is 0.621. The topological polar surface area (TPSA) is 69.2 Å². The second kappa shape index (κ2) is 5.17.